The molecular formula is C18H20N2O2S. The van der Waals surface area contributed by atoms with E-state index >= 15 is 0 Å². The van der Waals surface area contributed by atoms with E-state index in [0.29, 0.717) is 17.9 Å². The molecule has 1 aromatic carbocycles. The largest absolute Gasteiger partial charge is 0.466 e. The lowest BCUT2D eigenvalue weighted by Crippen LogP contribution is -2.28. The van der Waals surface area contributed by atoms with Crippen molar-refractivity contribution >= 4 is 27.5 Å². The van der Waals surface area contributed by atoms with Crippen LogP contribution in [0.25, 0.3) is 10.2 Å². The highest BCUT2D eigenvalue weighted by Gasteiger charge is 2.19. The van der Waals surface area contributed by atoms with Crippen molar-refractivity contribution in [2.24, 2.45) is 0 Å². The highest BCUT2D eigenvalue weighted by atomic mass is 32.1. The normalized spacial score (nSPS) is 12.5. The average Bonchev–Trinajstić information content (AvgIpc) is 3.06. The van der Waals surface area contributed by atoms with Gasteiger partial charge in [-0.2, -0.15) is 0 Å². The number of amides is 1. The predicted octanol–water partition coefficient (Wildman–Crippen LogP) is 4.35. The number of nitrogens with zero attached hydrogens (tertiary/aromatic N) is 1. The molecule has 3 rings (SSSR count). The molecule has 3 aromatic rings. The van der Waals surface area contributed by atoms with Crippen LogP contribution in [-0.4, -0.2) is 17.4 Å². The minimum Gasteiger partial charge on any atom is -0.466 e. The molecule has 1 atom stereocenters. The maximum atomic E-state index is 12.4. The van der Waals surface area contributed by atoms with Gasteiger partial charge in [0.25, 0.3) is 5.91 Å². The molecule has 0 saturated carbocycles. The van der Waals surface area contributed by atoms with Crippen LogP contribution >= 0.6 is 11.3 Å². The number of thiazole rings is 1. The SMILES string of the molecule is Cc1oc(C)c(C(=O)NC[C@@H](C)c2nc3ccccc3s2)c1C. The second kappa shape index (κ2) is 6.16. The lowest BCUT2D eigenvalue weighted by molar-refractivity contribution is 0.0949. The van der Waals surface area contributed by atoms with Crippen LogP contribution in [0, 0.1) is 20.8 Å². The van der Waals surface area contributed by atoms with E-state index in [1.165, 1.54) is 4.70 Å². The van der Waals surface area contributed by atoms with Gasteiger partial charge in [0.15, 0.2) is 0 Å². The number of aryl methyl sites for hydroxylation is 2. The zero-order valence-corrected chi connectivity index (χ0v) is 14.6. The molecule has 0 aliphatic carbocycles. The molecule has 120 valence electrons. The van der Waals surface area contributed by atoms with Crippen LogP contribution in [0.3, 0.4) is 0 Å². The molecule has 0 aliphatic heterocycles. The van der Waals surface area contributed by atoms with Gasteiger partial charge < -0.3 is 9.73 Å². The van der Waals surface area contributed by atoms with Crippen molar-refractivity contribution in [2.75, 3.05) is 6.54 Å². The monoisotopic (exact) mass is 328 g/mol. The van der Waals surface area contributed by atoms with E-state index in [4.69, 9.17) is 4.42 Å². The summed E-state index contributed by atoms with van der Waals surface area (Å²) in [5.41, 5.74) is 2.58. The fraction of sp³-hybridized carbons (Fsp3) is 0.333. The van der Waals surface area contributed by atoms with Gasteiger partial charge in [0.05, 0.1) is 20.8 Å². The molecular weight excluding hydrogens is 308 g/mol. The summed E-state index contributed by atoms with van der Waals surface area (Å²) in [5, 5.41) is 4.05. The van der Waals surface area contributed by atoms with E-state index in [-0.39, 0.29) is 11.8 Å². The van der Waals surface area contributed by atoms with Gasteiger partial charge in [-0.25, -0.2) is 4.98 Å². The third-order valence-electron chi connectivity index (χ3n) is 4.09. The summed E-state index contributed by atoms with van der Waals surface area (Å²) in [7, 11) is 0. The van der Waals surface area contributed by atoms with Crippen LogP contribution in [0.4, 0.5) is 0 Å². The Balaban J connectivity index is 1.71. The quantitative estimate of drug-likeness (QED) is 0.775. The van der Waals surface area contributed by atoms with E-state index in [1.54, 1.807) is 11.3 Å². The van der Waals surface area contributed by atoms with Crippen LogP contribution in [-0.2, 0) is 0 Å². The molecule has 23 heavy (non-hydrogen) atoms. The van der Waals surface area contributed by atoms with E-state index < -0.39 is 0 Å². The highest BCUT2D eigenvalue weighted by Crippen LogP contribution is 2.27. The van der Waals surface area contributed by atoms with E-state index in [1.807, 2.05) is 39.0 Å². The Morgan fingerprint density at radius 2 is 2.00 bits per heavy atom. The summed E-state index contributed by atoms with van der Waals surface area (Å²) in [6, 6.07) is 8.10. The molecule has 2 heterocycles. The van der Waals surface area contributed by atoms with Gasteiger partial charge >= 0.3 is 0 Å². The first-order valence-corrected chi connectivity index (χ1v) is 8.49. The number of aromatic nitrogens is 1. The summed E-state index contributed by atoms with van der Waals surface area (Å²) >= 11 is 1.68. The first-order chi connectivity index (χ1) is 11.0. The van der Waals surface area contributed by atoms with Crippen molar-refractivity contribution in [3.8, 4) is 0 Å². The molecule has 0 unspecified atom stereocenters. The zero-order valence-electron chi connectivity index (χ0n) is 13.8. The molecule has 4 nitrogen and oxygen atoms in total. The van der Waals surface area contributed by atoms with Gasteiger partial charge in [-0.1, -0.05) is 19.1 Å². The number of rotatable bonds is 4. The summed E-state index contributed by atoms with van der Waals surface area (Å²) in [6.45, 7) is 8.26. The van der Waals surface area contributed by atoms with Crippen LogP contribution < -0.4 is 5.32 Å². The number of fused-ring (bicyclic) bond motifs is 1. The van der Waals surface area contributed by atoms with Crippen molar-refractivity contribution in [2.45, 2.75) is 33.6 Å². The van der Waals surface area contributed by atoms with Crippen LogP contribution in [0.5, 0.6) is 0 Å². The summed E-state index contributed by atoms with van der Waals surface area (Å²) < 4.78 is 6.71. The Kier molecular flexibility index (Phi) is 4.22. The van der Waals surface area contributed by atoms with E-state index in [0.717, 1.165) is 21.8 Å². The fourth-order valence-corrected chi connectivity index (χ4v) is 3.67. The molecule has 0 radical (unpaired) electrons. The third-order valence-corrected chi connectivity index (χ3v) is 5.36. The van der Waals surface area contributed by atoms with Gasteiger partial charge in [0, 0.05) is 18.0 Å². The smallest absolute Gasteiger partial charge is 0.255 e. The van der Waals surface area contributed by atoms with Gasteiger partial charge in [-0.3, -0.25) is 4.79 Å². The number of furan rings is 1. The summed E-state index contributed by atoms with van der Waals surface area (Å²) in [5.74, 6) is 1.56. The summed E-state index contributed by atoms with van der Waals surface area (Å²) in [4.78, 5) is 17.1. The van der Waals surface area contributed by atoms with Crippen molar-refractivity contribution in [3.05, 3.63) is 51.9 Å². The van der Waals surface area contributed by atoms with Crippen LogP contribution in [0.15, 0.2) is 28.7 Å². The number of benzene rings is 1. The molecule has 0 spiro atoms. The fourth-order valence-electron chi connectivity index (χ4n) is 2.65. The molecule has 0 fully saturated rings. The first-order valence-electron chi connectivity index (χ1n) is 7.67. The molecule has 5 heteroatoms. The minimum atomic E-state index is -0.0789. The molecule has 0 aliphatic rings. The molecule has 2 aromatic heterocycles. The molecule has 0 saturated heterocycles. The van der Waals surface area contributed by atoms with Crippen molar-refractivity contribution in [1.29, 1.82) is 0 Å². The zero-order chi connectivity index (χ0) is 16.6. The topological polar surface area (TPSA) is 55.1 Å². The third kappa shape index (κ3) is 3.01. The van der Waals surface area contributed by atoms with E-state index in [2.05, 4.69) is 23.3 Å². The number of hydrogen-bond acceptors (Lipinski definition) is 4. The van der Waals surface area contributed by atoms with Crippen LogP contribution in [0.2, 0.25) is 0 Å². The van der Waals surface area contributed by atoms with Crippen molar-refractivity contribution < 1.29 is 9.21 Å². The summed E-state index contributed by atoms with van der Waals surface area (Å²) in [6.07, 6.45) is 0. The number of carbonyl (C=O) groups excluding carboxylic acids is 1. The lowest BCUT2D eigenvalue weighted by atomic mass is 10.1. The van der Waals surface area contributed by atoms with Gasteiger partial charge in [-0.05, 0) is 32.9 Å². The molecule has 1 N–H and O–H groups in total. The highest BCUT2D eigenvalue weighted by molar-refractivity contribution is 7.18. The predicted molar refractivity (Wildman–Crippen MR) is 93.3 cm³/mol. The number of hydrogen-bond donors (Lipinski definition) is 1. The van der Waals surface area contributed by atoms with Crippen LogP contribution in [0.1, 0.15) is 45.3 Å². The Labute approximate surface area is 139 Å². The van der Waals surface area contributed by atoms with Crippen molar-refractivity contribution in [1.82, 2.24) is 10.3 Å². The molecule has 1 amide bonds. The first kappa shape index (κ1) is 15.7. The standard InChI is InChI=1S/C18H20N2O2S/c1-10(18-20-14-7-5-6-8-15(14)23-18)9-19-17(21)16-11(2)12(3)22-13(16)4/h5-8,10H,9H2,1-4H3,(H,19,21)/t10-/m1/s1. The maximum absolute atomic E-state index is 12.4. The average molecular weight is 328 g/mol. The minimum absolute atomic E-state index is 0.0789. The van der Waals surface area contributed by atoms with Crippen molar-refractivity contribution in [3.63, 3.8) is 0 Å². The second-order valence-corrected chi connectivity index (χ2v) is 6.91. The number of nitrogens with one attached hydrogen (secondary N) is 1. The Morgan fingerprint density at radius 3 is 2.65 bits per heavy atom. The van der Waals surface area contributed by atoms with E-state index in [9.17, 15) is 4.79 Å². The second-order valence-electron chi connectivity index (χ2n) is 5.85. The van der Waals surface area contributed by atoms with Gasteiger partial charge in [0.1, 0.15) is 11.5 Å². The molecule has 0 bridgehead atoms. The lowest BCUT2D eigenvalue weighted by Gasteiger charge is -2.10. The van der Waals surface area contributed by atoms with Gasteiger partial charge in [-0.15, -0.1) is 11.3 Å². The number of carbonyl (C=O) groups is 1. The van der Waals surface area contributed by atoms with Gasteiger partial charge in [0.2, 0.25) is 0 Å². The Bertz CT molecular complexity index is 830. The Hall–Kier alpha value is -2.14. The Morgan fingerprint density at radius 1 is 1.26 bits per heavy atom. The number of para-hydroxylation sites is 1. The maximum Gasteiger partial charge on any atom is 0.255 e.